The Bertz CT molecular complexity index is 287. The van der Waals surface area contributed by atoms with E-state index < -0.39 is 9.84 Å². The molecule has 90 valence electrons. The van der Waals surface area contributed by atoms with Crippen LogP contribution in [0, 0.1) is 0 Å². The van der Waals surface area contributed by atoms with E-state index in [9.17, 15) is 8.42 Å². The number of hydrogen-bond acceptors (Lipinski definition) is 3. The molecule has 0 saturated carbocycles. The number of rotatable bonds is 3. The average Bonchev–Trinajstić information content (AvgIpc) is 2.26. The third kappa shape index (κ3) is 2.72. The largest absolute Gasteiger partial charge is 0.313 e. The summed E-state index contributed by atoms with van der Waals surface area (Å²) in [5.41, 5.74) is 0. The second-order valence-corrected chi connectivity index (χ2v) is 7.07. The van der Waals surface area contributed by atoms with Crippen LogP contribution in [0.15, 0.2) is 0 Å². The molecule has 1 N–H and O–H groups in total. The van der Waals surface area contributed by atoms with E-state index in [2.05, 4.69) is 12.2 Å². The summed E-state index contributed by atoms with van der Waals surface area (Å²) in [5, 5.41) is 3.02. The van der Waals surface area contributed by atoms with Gasteiger partial charge in [0.1, 0.15) is 0 Å². The monoisotopic (exact) mass is 233 g/mol. The normalized spacial score (nSPS) is 36.1. The second kappa shape index (κ2) is 5.30. The Hall–Kier alpha value is -0.0900. The summed E-state index contributed by atoms with van der Waals surface area (Å²) in [7, 11) is -2.92. The van der Waals surface area contributed by atoms with Crippen molar-refractivity contribution in [3.05, 3.63) is 0 Å². The smallest absolute Gasteiger partial charge is 0.157 e. The quantitative estimate of drug-likeness (QED) is 0.807. The first-order valence-corrected chi connectivity index (χ1v) is 7.61. The lowest BCUT2D eigenvalue weighted by Gasteiger charge is -2.25. The van der Waals surface area contributed by atoms with Gasteiger partial charge < -0.3 is 5.32 Å². The Morgan fingerprint density at radius 2 is 2.00 bits per heavy atom. The fourth-order valence-electron chi connectivity index (χ4n) is 2.41. The zero-order chi connectivity index (χ0) is 11.5. The van der Waals surface area contributed by atoms with Gasteiger partial charge in [-0.3, -0.25) is 0 Å². The highest BCUT2D eigenvalue weighted by molar-refractivity contribution is 7.92. The van der Waals surface area contributed by atoms with E-state index in [0.717, 1.165) is 32.2 Å². The predicted octanol–water partition coefficient (Wildman–Crippen LogP) is 1.73. The van der Waals surface area contributed by atoms with Gasteiger partial charge in [0.05, 0.1) is 10.5 Å². The lowest BCUT2D eigenvalue weighted by molar-refractivity contribution is 0.450. The van der Waals surface area contributed by atoms with Crippen LogP contribution in [0.25, 0.3) is 0 Å². The summed E-state index contributed by atoms with van der Waals surface area (Å²) in [6.07, 6.45) is 3.48. The van der Waals surface area contributed by atoms with E-state index >= 15 is 0 Å². The molecular weight excluding hydrogens is 210 g/mol. The standard InChI is InChI=1S/C11H23NO2S/c1-4-6-10-11(5-2)15(13,14)9(3)7-8-12-10/h9-12H,4-8H2,1-3H3. The van der Waals surface area contributed by atoms with Crippen molar-refractivity contribution in [2.75, 3.05) is 6.54 Å². The summed E-state index contributed by atoms with van der Waals surface area (Å²) in [5.74, 6) is 0. The van der Waals surface area contributed by atoms with Crippen molar-refractivity contribution >= 4 is 9.84 Å². The fourth-order valence-corrected chi connectivity index (χ4v) is 4.61. The van der Waals surface area contributed by atoms with Gasteiger partial charge in [0.2, 0.25) is 0 Å². The Morgan fingerprint density at radius 1 is 1.33 bits per heavy atom. The minimum Gasteiger partial charge on any atom is -0.313 e. The molecule has 0 amide bonds. The van der Waals surface area contributed by atoms with Gasteiger partial charge in [-0.1, -0.05) is 20.3 Å². The summed E-state index contributed by atoms with van der Waals surface area (Å²) < 4.78 is 24.4. The highest BCUT2D eigenvalue weighted by Gasteiger charge is 2.37. The molecule has 4 heteroatoms. The van der Waals surface area contributed by atoms with Crippen molar-refractivity contribution in [1.82, 2.24) is 5.32 Å². The van der Waals surface area contributed by atoms with Crippen molar-refractivity contribution in [2.24, 2.45) is 0 Å². The first-order chi connectivity index (χ1) is 7.04. The summed E-state index contributed by atoms with van der Waals surface area (Å²) in [4.78, 5) is 0. The zero-order valence-electron chi connectivity index (χ0n) is 9.99. The molecular formula is C11H23NO2S. The molecule has 1 rings (SSSR count). The van der Waals surface area contributed by atoms with Crippen molar-refractivity contribution in [3.63, 3.8) is 0 Å². The fraction of sp³-hybridized carbons (Fsp3) is 1.00. The minimum atomic E-state index is -2.92. The maximum Gasteiger partial charge on any atom is 0.157 e. The molecule has 1 aliphatic heterocycles. The zero-order valence-corrected chi connectivity index (χ0v) is 10.8. The molecule has 0 spiro atoms. The predicted molar refractivity (Wildman–Crippen MR) is 63.8 cm³/mol. The van der Waals surface area contributed by atoms with Gasteiger partial charge in [-0.15, -0.1) is 0 Å². The number of sulfone groups is 1. The Morgan fingerprint density at radius 3 is 2.53 bits per heavy atom. The molecule has 0 radical (unpaired) electrons. The Kier molecular flexibility index (Phi) is 4.59. The van der Waals surface area contributed by atoms with Crippen molar-refractivity contribution in [3.8, 4) is 0 Å². The number of hydrogen-bond donors (Lipinski definition) is 1. The van der Waals surface area contributed by atoms with Crippen LogP contribution in [0.4, 0.5) is 0 Å². The molecule has 0 aliphatic carbocycles. The maximum atomic E-state index is 12.2. The van der Waals surface area contributed by atoms with Crippen molar-refractivity contribution in [1.29, 1.82) is 0 Å². The first kappa shape index (κ1) is 13.0. The van der Waals surface area contributed by atoms with Gasteiger partial charge in [-0.2, -0.15) is 0 Å². The average molecular weight is 233 g/mol. The van der Waals surface area contributed by atoms with E-state index in [4.69, 9.17) is 0 Å². The van der Waals surface area contributed by atoms with Gasteiger partial charge in [0.15, 0.2) is 9.84 Å². The Labute approximate surface area is 93.6 Å². The molecule has 0 aromatic carbocycles. The summed E-state index contributed by atoms with van der Waals surface area (Å²) in [6, 6.07) is 0.162. The topological polar surface area (TPSA) is 46.2 Å². The lowest BCUT2D eigenvalue weighted by atomic mass is 10.1. The van der Waals surface area contributed by atoms with Crippen LogP contribution >= 0.6 is 0 Å². The summed E-state index contributed by atoms with van der Waals surface area (Å²) >= 11 is 0. The maximum absolute atomic E-state index is 12.2. The van der Waals surface area contributed by atoms with Crippen LogP contribution in [0.5, 0.6) is 0 Å². The molecule has 3 unspecified atom stereocenters. The second-order valence-electron chi connectivity index (χ2n) is 4.48. The van der Waals surface area contributed by atoms with Crippen LogP contribution < -0.4 is 5.32 Å². The Balaban J connectivity index is 2.92. The highest BCUT2D eigenvalue weighted by Crippen LogP contribution is 2.23. The molecule has 1 saturated heterocycles. The first-order valence-electron chi connectivity index (χ1n) is 6.00. The minimum absolute atomic E-state index is 0.162. The van der Waals surface area contributed by atoms with Crippen LogP contribution in [-0.4, -0.2) is 31.5 Å². The highest BCUT2D eigenvalue weighted by atomic mass is 32.2. The van der Waals surface area contributed by atoms with Crippen molar-refractivity contribution < 1.29 is 8.42 Å². The molecule has 1 aliphatic rings. The molecule has 3 atom stereocenters. The lowest BCUT2D eigenvalue weighted by Crippen LogP contribution is -2.42. The van der Waals surface area contributed by atoms with Crippen molar-refractivity contribution in [2.45, 2.75) is 63.0 Å². The van der Waals surface area contributed by atoms with Gasteiger partial charge >= 0.3 is 0 Å². The van der Waals surface area contributed by atoms with E-state index in [1.807, 2.05) is 13.8 Å². The molecule has 0 bridgehead atoms. The number of nitrogens with one attached hydrogen (secondary N) is 1. The molecule has 1 fully saturated rings. The van der Waals surface area contributed by atoms with E-state index in [0.29, 0.717) is 0 Å². The van der Waals surface area contributed by atoms with Crippen LogP contribution in [-0.2, 0) is 9.84 Å². The molecule has 0 aromatic rings. The molecule has 1 heterocycles. The van der Waals surface area contributed by atoms with E-state index in [-0.39, 0.29) is 16.5 Å². The van der Waals surface area contributed by atoms with Gasteiger partial charge in [-0.25, -0.2) is 8.42 Å². The molecule has 0 aromatic heterocycles. The molecule has 3 nitrogen and oxygen atoms in total. The third-order valence-electron chi connectivity index (χ3n) is 3.39. The van der Waals surface area contributed by atoms with Gasteiger partial charge in [0.25, 0.3) is 0 Å². The van der Waals surface area contributed by atoms with Crippen LogP contribution in [0.2, 0.25) is 0 Å². The van der Waals surface area contributed by atoms with E-state index in [1.54, 1.807) is 0 Å². The van der Waals surface area contributed by atoms with Crippen LogP contribution in [0.1, 0.15) is 46.5 Å². The third-order valence-corrected chi connectivity index (χ3v) is 6.25. The van der Waals surface area contributed by atoms with Gasteiger partial charge in [0, 0.05) is 6.04 Å². The van der Waals surface area contributed by atoms with Crippen LogP contribution in [0.3, 0.4) is 0 Å². The van der Waals surface area contributed by atoms with Gasteiger partial charge in [-0.05, 0) is 32.7 Å². The SMILES string of the molecule is CCCC1NCCC(C)S(=O)(=O)C1CC. The summed E-state index contributed by atoms with van der Waals surface area (Å²) in [6.45, 7) is 6.76. The van der Waals surface area contributed by atoms with E-state index in [1.165, 1.54) is 0 Å². The molecule has 15 heavy (non-hydrogen) atoms.